The minimum absolute atomic E-state index is 0.0851. The number of nitrogens with one attached hydrogen (secondary N) is 2. The Morgan fingerprint density at radius 1 is 1.12 bits per heavy atom. The summed E-state index contributed by atoms with van der Waals surface area (Å²) in [5.74, 6) is -1.64. The van der Waals surface area contributed by atoms with Crippen LogP contribution >= 0.6 is 23.2 Å². The first kappa shape index (κ1) is 31.7. The van der Waals surface area contributed by atoms with Gasteiger partial charge in [-0.3, -0.25) is 9.36 Å². The lowest BCUT2D eigenvalue weighted by Gasteiger charge is -2.34. The molecule has 228 valence electrons. The van der Waals surface area contributed by atoms with Gasteiger partial charge >= 0.3 is 12.1 Å². The predicted molar refractivity (Wildman–Crippen MR) is 157 cm³/mol. The molecular weight excluding hydrogens is 596 g/mol. The van der Waals surface area contributed by atoms with E-state index in [2.05, 4.69) is 20.6 Å². The highest BCUT2D eigenvalue weighted by molar-refractivity contribution is 6.39. The Hall–Kier alpha value is -3.25. The summed E-state index contributed by atoms with van der Waals surface area (Å²) in [6.07, 6.45) is -4.48. The lowest BCUT2D eigenvalue weighted by atomic mass is 9.95. The fourth-order valence-corrected chi connectivity index (χ4v) is 5.16. The first-order valence-electron chi connectivity index (χ1n) is 13.5. The van der Waals surface area contributed by atoms with E-state index < -0.39 is 23.5 Å². The number of carbonyl (C=O) groups is 2. The van der Waals surface area contributed by atoms with Gasteiger partial charge in [0, 0.05) is 32.1 Å². The van der Waals surface area contributed by atoms with Crippen LogP contribution in [0.1, 0.15) is 56.5 Å². The van der Waals surface area contributed by atoms with E-state index in [0.717, 1.165) is 0 Å². The number of pyridine rings is 1. The van der Waals surface area contributed by atoms with Crippen LogP contribution in [0.5, 0.6) is 0 Å². The van der Waals surface area contributed by atoms with Crippen molar-refractivity contribution in [1.82, 2.24) is 19.9 Å². The molecule has 0 saturated carbocycles. The van der Waals surface area contributed by atoms with Crippen LogP contribution in [0.15, 0.2) is 18.2 Å². The number of esters is 1. The minimum atomic E-state index is -4.27. The van der Waals surface area contributed by atoms with Crippen LogP contribution in [0, 0.1) is 11.3 Å². The number of halogens is 5. The molecule has 9 nitrogen and oxygen atoms in total. The Bertz CT molecular complexity index is 1490. The zero-order chi connectivity index (χ0) is 31.0. The van der Waals surface area contributed by atoms with Crippen molar-refractivity contribution in [2.45, 2.75) is 53.3 Å². The Balaban J connectivity index is 1.68. The SMILES string of the molecule is CCOC(=O)c1cc2nc(Nc3c(Cl)ccc(CNC(=O)C(C)(C)C)c3Cl)n(C)c2nc1N1CCC(C(F)(F)F)CC1. The summed E-state index contributed by atoms with van der Waals surface area (Å²) in [4.78, 5) is 36.2. The number of piperidine rings is 1. The van der Waals surface area contributed by atoms with Gasteiger partial charge in [-0.05, 0) is 37.5 Å². The van der Waals surface area contributed by atoms with E-state index in [9.17, 15) is 22.8 Å². The molecule has 2 aromatic heterocycles. The maximum absolute atomic E-state index is 13.3. The summed E-state index contributed by atoms with van der Waals surface area (Å²) in [6.45, 7) is 7.56. The number of rotatable bonds is 7. The highest BCUT2D eigenvalue weighted by Crippen LogP contribution is 2.38. The van der Waals surface area contributed by atoms with Crippen molar-refractivity contribution < 1.29 is 27.5 Å². The summed E-state index contributed by atoms with van der Waals surface area (Å²) >= 11 is 13.2. The van der Waals surface area contributed by atoms with Gasteiger partial charge in [0.1, 0.15) is 16.9 Å². The monoisotopic (exact) mass is 628 g/mol. The number of fused-ring (bicyclic) bond motifs is 1. The van der Waals surface area contributed by atoms with Crippen molar-refractivity contribution in [1.29, 1.82) is 0 Å². The molecule has 0 radical (unpaired) electrons. The number of aryl methyl sites for hydroxylation is 1. The van der Waals surface area contributed by atoms with Gasteiger partial charge in [0.25, 0.3) is 0 Å². The minimum Gasteiger partial charge on any atom is -0.462 e. The average molecular weight is 630 g/mol. The van der Waals surface area contributed by atoms with Gasteiger partial charge < -0.3 is 20.3 Å². The second kappa shape index (κ2) is 12.2. The second-order valence-corrected chi connectivity index (χ2v) is 12.0. The maximum atomic E-state index is 13.3. The van der Waals surface area contributed by atoms with E-state index >= 15 is 0 Å². The number of imidazole rings is 1. The van der Waals surface area contributed by atoms with Crippen molar-refractivity contribution in [3.8, 4) is 0 Å². The second-order valence-electron chi connectivity index (χ2n) is 11.2. The van der Waals surface area contributed by atoms with E-state index in [1.54, 1.807) is 35.6 Å². The maximum Gasteiger partial charge on any atom is 0.391 e. The Morgan fingerprint density at radius 2 is 1.79 bits per heavy atom. The molecule has 42 heavy (non-hydrogen) atoms. The van der Waals surface area contributed by atoms with E-state index in [4.69, 9.17) is 27.9 Å². The molecule has 1 aliphatic heterocycles. The molecule has 1 amide bonds. The molecule has 3 heterocycles. The van der Waals surface area contributed by atoms with Crippen molar-refractivity contribution in [3.63, 3.8) is 0 Å². The average Bonchev–Trinajstić information content (AvgIpc) is 3.22. The summed E-state index contributed by atoms with van der Waals surface area (Å²) in [5.41, 5.74) is 1.28. The predicted octanol–water partition coefficient (Wildman–Crippen LogP) is 6.64. The molecule has 0 aliphatic carbocycles. The highest BCUT2D eigenvalue weighted by Gasteiger charge is 2.41. The molecule has 1 fully saturated rings. The summed E-state index contributed by atoms with van der Waals surface area (Å²) in [6, 6.07) is 4.89. The zero-order valence-electron chi connectivity index (χ0n) is 24.0. The first-order chi connectivity index (χ1) is 19.6. The van der Waals surface area contributed by atoms with Gasteiger partial charge in [0.15, 0.2) is 5.65 Å². The number of carbonyl (C=O) groups excluding carboxylic acids is 2. The highest BCUT2D eigenvalue weighted by atomic mass is 35.5. The molecule has 0 atom stereocenters. The molecule has 2 N–H and O–H groups in total. The standard InChI is InChI=1S/C28H33Cl2F3N6O3/c1-6-42-24(40)17-13-19-23(37-22(17)39-11-9-16(10-12-39)28(31,32)33)38(5)26(35-19)36-21-18(29)8-7-15(20(21)30)14-34-25(41)27(2,3)4/h7-8,13,16H,6,9-12,14H2,1-5H3,(H,34,41)(H,35,36). The van der Waals surface area contributed by atoms with Crippen molar-refractivity contribution in [2.75, 3.05) is 29.9 Å². The molecule has 1 aromatic carbocycles. The zero-order valence-corrected chi connectivity index (χ0v) is 25.5. The van der Waals surface area contributed by atoms with Crippen LogP contribution in [0.4, 0.5) is 30.6 Å². The van der Waals surface area contributed by atoms with Crippen molar-refractivity contribution in [3.05, 3.63) is 39.4 Å². The molecule has 1 aliphatic rings. The number of aromatic nitrogens is 3. The molecule has 0 unspecified atom stereocenters. The number of hydrogen-bond donors (Lipinski definition) is 2. The largest absolute Gasteiger partial charge is 0.462 e. The first-order valence-corrected chi connectivity index (χ1v) is 14.3. The fraction of sp³-hybridized carbons (Fsp3) is 0.500. The molecule has 0 spiro atoms. The molecular formula is C28H33Cl2F3N6O3. The smallest absolute Gasteiger partial charge is 0.391 e. The van der Waals surface area contributed by atoms with E-state index in [1.165, 1.54) is 6.07 Å². The fourth-order valence-electron chi connectivity index (χ4n) is 4.63. The third kappa shape index (κ3) is 6.70. The van der Waals surface area contributed by atoms with Gasteiger partial charge in [-0.2, -0.15) is 13.2 Å². The van der Waals surface area contributed by atoms with Crippen LogP contribution in [-0.4, -0.2) is 52.3 Å². The van der Waals surface area contributed by atoms with Crippen LogP contribution in [-0.2, 0) is 23.1 Å². The summed E-state index contributed by atoms with van der Waals surface area (Å²) in [7, 11) is 1.70. The van der Waals surface area contributed by atoms with Crippen molar-refractivity contribution in [2.24, 2.45) is 18.4 Å². The third-order valence-corrected chi connectivity index (χ3v) is 7.85. The number of alkyl halides is 3. The quantitative estimate of drug-likeness (QED) is 0.283. The van der Waals surface area contributed by atoms with Gasteiger partial charge in [-0.15, -0.1) is 0 Å². The lowest BCUT2D eigenvalue weighted by molar-refractivity contribution is -0.179. The number of benzene rings is 1. The molecule has 14 heteroatoms. The summed E-state index contributed by atoms with van der Waals surface area (Å²) < 4.78 is 46.7. The summed E-state index contributed by atoms with van der Waals surface area (Å²) in [5, 5.41) is 6.60. The number of nitrogens with zero attached hydrogens (tertiary/aromatic N) is 4. The van der Waals surface area contributed by atoms with E-state index in [-0.39, 0.29) is 61.4 Å². The van der Waals surface area contributed by atoms with Gasteiger partial charge in [0.05, 0.1) is 28.3 Å². The third-order valence-electron chi connectivity index (χ3n) is 7.11. The van der Waals surface area contributed by atoms with Crippen LogP contribution in [0.3, 0.4) is 0 Å². The Kier molecular flexibility index (Phi) is 9.17. The number of amides is 1. The topological polar surface area (TPSA) is 101 Å². The molecule has 1 saturated heterocycles. The number of anilines is 3. The van der Waals surface area contributed by atoms with E-state index in [0.29, 0.717) is 33.4 Å². The van der Waals surface area contributed by atoms with Gasteiger partial charge in [-0.1, -0.05) is 50.0 Å². The molecule has 4 rings (SSSR count). The Morgan fingerprint density at radius 3 is 2.38 bits per heavy atom. The van der Waals surface area contributed by atoms with Gasteiger partial charge in [0.2, 0.25) is 11.9 Å². The van der Waals surface area contributed by atoms with Crippen molar-refractivity contribution >= 4 is 63.7 Å². The normalized spacial score (nSPS) is 14.8. The van der Waals surface area contributed by atoms with Crippen LogP contribution in [0.2, 0.25) is 10.0 Å². The molecule has 3 aromatic rings. The number of hydrogen-bond acceptors (Lipinski definition) is 7. The van der Waals surface area contributed by atoms with Crippen LogP contribution in [0.25, 0.3) is 11.2 Å². The van der Waals surface area contributed by atoms with Crippen LogP contribution < -0.4 is 15.5 Å². The Labute approximate surface area is 251 Å². The lowest BCUT2D eigenvalue weighted by Crippen LogP contribution is -2.40. The molecule has 0 bridgehead atoms. The van der Waals surface area contributed by atoms with Gasteiger partial charge in [-0.25, -0.2) is 14.8 Å². The van der Waals surface area contributed by atoms with E-state index in [1.807, 2.05) is 20.8 Å². The number of ether oxygens (including phenoxy) is 1.